The van der Waals surface area contributed by atoms with Crippen LogP contribution in [0.4, 0.5) is 0 Å². The highest BCUT2D eigenvalue weighted by Gasteiger charge is 2.60. The maximum atomic E-state index is 6.38. The van der Waals surface area contributed by atoms with Crippen LogP contribution in [0.5, 0.6) is 0 Å². The van der Waals surface area contributed by atoms with E-state index in [0.717, 1.165) is 28.0 Å². The molecule has 1 aromatic heterocycles. The Morgan fingerprint density at radius 3 is 2.62 bits per heavy atom. The fourth-order valence-electron chi connectivity index (χ4n) is 2.46. The van der Waals surface area contributed by atoms with Gasteiger partial charge in [0.05, 0.1) is 5.54 Å². The monoisotopic (exact) mass is 234 g/mol. The molecule has 1 aliphatic rings. The Labute approximate surface area is 99.8 Å². The highest BCUT2D eigenvalue weighted by atomic mass is 35.5. The largest absolute Gasteiger partial charge is 0.357 e. The third kappa shape index (κ3) is 1.23. The van der Waals surface area contributed by atoms with Crippen LogP contribution >= 0.6 is 11.6 Å². The molecule has 0 spiro atoms. The fourth-order valence-corrected chi connectivity index (χ4v) is 2.64. The van der Waals surface area contributed by atoms with Gasteiger partial charge >= 0.3 is 0 Å². The third-order valence-electron chi connectivity index (χ3n) is 3.87. The van der Waals surface area contributed by atoms with Crippen LogP contribution in [0.2, 0.25) is 5.02 Å². The van der Waals surface area contributed by atoms with Gasteiger partial charge < -0.3 is 10.7 Å². The number of benzene rings is 1. The number of aromatic nitrogens is 1. The zero-order valence-corrected chi connectivity index (χ0v) is 10.2. The van der Waals surface area contributed by atoms with E-state index in [4.69, 9.17) is 17.3 Å². The quantitative estimate of drug-likeness (QED) is 0.780. The SMILES string of the molecule is CC1(C)CC1(N)c1cc2cc(Cl)ccc2[nH]1. The van der Waals surface area contributed by atoms with Crippen LogP contribution in [-0.2, 0) is 5.54 Å². The lowest BCUT2D eigenvalue weighted by Gasteiger charge is -2.12. The fraction of sp³-hybridized carbons (Fsp3) is 0.385. The topological polar surface area (TPSA) is 41.8 Å². The van der Waals surface area contributed by atoms with E-state index in [9.17, 15) is 0 Å². The minimum atomic E-state index is -0.196. The zero-order valence-electron chi connectivity index (χ0n) is 9.47. The van der Waals surface area contributed by atoms with Gasteiger partial charge in [0.2, 0.25) is 0 Å². The molecular formula is C13H15ClN2. The van der Waals surface area contributed by atoms with E-state index in [-0.39, 0.29) is 11.0 Å². The molecule has 0 amide bonds. The Morgan fingerprint density at radius 1 is 1.31 bits per heavy atom. The molecule has 3 rings (SSSR count). The second-order valence-electron chi connectivity index (χ2n) is 5.45. The summed E-state index contributed by atoms with van der Waals surface area (Å²) in [6, 6.07) is 7.98. The maximum Gasteiger partial charge on any atom is 0.0620 e. The van der Waals surface area contributed by atoms with Gasteiger partial charge in [-0.2, -0.15) is 0 Å². The first-order valence-corrected chi connectivity index (χ1v) is 5.88. The number of hydrogen-bond donors (Lipinski definition) is 2. The summed E-state index contributed by atoms with van der Waals surface area (Å²) in [5, 5.41) is 1.90. The highest BCUT2D eigenvalue weighted by molar-refractivity contribution is 6.31. The first-order valence-electron chi connectivity index (χ1n) is 5.50. The Morgan fingerprint density at radius 2 is 2.00 bits per heavy atom. The molecule has 1 unspecified atom stereocenters. The summed E-state index contributed by atoms with van der Waals surface area (Å²) < 4.78 is 0. The van der Waals surface area contributed by atoms with Crippen molar-refractivity contribution in [2.24, 2.45) is 11.1 Å². The normalized spacial score (nSPS) is 27.2. The number of H-pyrrole nitrogens is 1. The van der Waals surface area contributed by atoms with E-state index in [1.807, 2.05) is 18.2 Å². The summed E-state index contributed by atoms with van der Waals surface area (Å²) in [6.07, 6.45) is 1.03. The summed E-state index contributed by atoms with van der Waals surface area (Å²) in [6.45, 7) is 4.40. The molecule has 3 N–H and O–H groups in total. The van der Waals surface area contributed by atoms with Crippen LogP contribution in [0, 0.1) is 5.41 Å². The van der Waals surface area contributed by atoms with E-state index in [1.165, 1.54) is 0 Å². The molecule has 1 heterocycles. The second-order valence-corrected chi connectivity index (χ2v) is 5.88. The van der Waals surface area contributed by atoms with Crippen molar-refractivity contribution in [3.63, 3.8) is 0 Å². The van der Waals surface area contributed by atoms with Crippen LogP contribution in [0.1, 0.15) is 26.0 Å². The average Bonchev–Trinajstić information content (AvgIpc) is 2.60. The molecular weight excluding hydrogens is 220 g/mol. The lowest BCUT2D eigenvalue weighted by atomic mass is 10.0. The van der Waals surface area contributed by atoms with Gasteiger partial charge in [0, 0.05) is 21.6 Å². The van der Waals surface area contributed by atoms with E-state index in [1.54, 1.807) is 0 Å². The van der Waals surface area contributed by atoms with Crippen molar-refractivity contribution in [1.82, 2.24) is 4.98 Å². The molecule has 1 aliphatic carbocycles. The average molecular weight is 235 g/mol. The number of nitrogens with one attached hydrogen (secondary N) is 1. The van der Waals surface area contributed by atoms with Crippen molar-refractivity contribution >= 4 is 22.5 Å². The number of aromatic amines is 1. The minimum Gasteiger partial charge on any atom is -0.357 e. The van der Waals surface area contributed by atoms with Crippen LogP contribution in [0.25, 0.3) is 10.9 Å². The summed E-state index contributed by atoms with van der Waals surface area (Å²) in [4.78, 5) is 3.40. The van der Waals surface area contributed by atoms with Crippen LogP contribution in [-0.4, -0.2) is 4.98 Å². The first-order chi connectivity index (χ1) is 7.42. The van der Waals surface area contributed by atoms with Gasteiger partial charge in [0.25, 0.3) is 0 Å². The first kappa shape index (κ1) is 10.2. The standard InChI is InChI=1S/C13H15ClN2/c1-12(2)7-13(12,15)11-6-8-5-9(14)3-4-10(8)16-11/h3-6,16H,7,15H2,1-2H3. The Bertz CT molecular complexity index is 570. The minimum absolute atomic E-state index is 0.192. The van der Waals surface area contributed by atoms with Gasteiger partial charge in [-0.1, -0.05) is 25.4 Å². The van der Waals surface area contributed by atoms with Gasteiger partial charge in [0.15, 0.2) is 0 Å². The smallest absolute Gasteiger partial charge is 0.0620 e. The van der Waals surface area contributed by atoms with Gasteiger partial charge in [-0.25, -0.2) is 0 Å². The molecule has 1 saturated carbocycles. The molecule has 0 aliphatic heterocycles. The molecule has 1 fully saturated rings. The lowest BCUT2D eigenvalue weighted by Crippen LogP contribution is -2.25. The van der Waals surface area contributed by atoms with Crippen molar-refractivity contribution < 1.29 is 0 Å². The second kappa shape index (κ2) is 2.82. The van der Waals surface area contributed by atoms with Crippen LogP contribution in [0.15, 0.2) is 24.3 Å². The number of nitrogens with two attached hydrogens (primary N) is 1. The third-order valence-corrected chi connectivity index (χ3v) is 4.10. The summed E-state index contributed by atoms with van der Waals surface area (Å²) >= 11 is 5.97. The van der Waals surface area contributed by atoms with Crippen molar-refractivity contribution in [2.75, 3.05) is 0 Å². The molecule has 3 heteroatoms. The zero-order chi connectivity index (χ0) is 11.6. The molecule has 0 bridgehead atoms. The molecule has 0 radical (unpaired) electrons. The predicted molar refractivity (Wildman–Crippen MR) is 67.6 cm³/mol. The van der Waals surface area contributed by atoms with Crippen LogP contribution in [0.3, 0.4) is 0 Å². The van der Waals surface area contributed by atoms with E-state index in [2.05, 4.69) is 24.9 Å². The van der Waals surface area contributed by atoms with Crippen molar-refractivity contribution in [2.45, 2.75) is 25.8 Å². The Kier molecular flexibility index (Phi) is 1.79. The molecule has 2 aromatic rings. The molecule has 1 aromatic carbocycles. The van der Waals surface area contributed by atoms with Gasteiger partial charge in [0.1, 0.15) is 0 Å². The Balaban J connectivity index is 2.14. The van der Waals surface area contributed by atoms with Crippen molar-refractivity contribution in [3.8, 4) is 0 Å². The molecule has 2 nitrogen and oxygen atoms in total. The molecule has 16 heavy (non-hydrogen) atoms. The van der Waals surface area contributed by atoms with Crippen molar-refractivity contribution in [3.05, 3.63) is 35.0 Å². The summed E-state index contributed by atoms with van der Waals surface area (Å²) in [5.74, 6) is 0. The highest BCUT2D eigenvalue weighted by Crippen LogP contribution is 2.60. The van der Waals surface area contributed by atoms with Gasteiger partial charge in [-0.05, 0) is 36.1 Å². The number of halogens is 1. The lowest BCUT2D eigenvalue weighted by molar-refractivity contribution is 0.502. The summed E-state index contributed by atoms with van der Waals surface area (Å²) in [7, 11) is 0. The van der Waals surface area contributed by atoms with E-state index < -0.39 is 0 Å². The van der Waals surface area contributed by atoms with Gasteiger partial charge in [-0.3, -0.25) is 0 Å². The maximum absolute atomic E-state index is 6.38. The molecule has 84 valence electrons. The number of hydrogen-bond acceptors (Lipinski definition) is 1. The molecule has 1 atom stereocenters. The molecule has 0 saturated heterocycles. The van der Waals surface area contributed by atoms with Gasteiger partial charge in [-0.15, -0.1) is 0 Å². The number of rotatable bonds is 1. The van der Waals surface area contributed by atoms with Crippen molar-refractivity contribution in [1.29, 1.82) is 0 Å². The predicted octanol–water partition coefficient (Wildman–Crippen LogP) is 3.41. The summed E-state index contributed by atoms with van der Waals surface area (Å²) in [5.41, 5.74) is 8.60. The van der Waals surface area contributed by atoms with E-state index in [0.29, 0.717) is 0 Å². The van der Waals surface area contributed by atoms with Crippen LogP contribution < -0.4 is 5.73 Å². The Hall–Kier alpha value is -0.990. The number of fused-ring (bicyclic) bond motifs is 1. The van der Waals surface area contributed by atoms with E-state index >= 15 is 0 Å².